The quantitative estimate of drug-likeness (QED) is 0.297. The fourth-order valence-corrected chi connectivity index (χ4v) is 5.50. The third-order valence-electron chi connectivity index (χ3n) is 5.02. The molecular weight excluding hydrogens is 507 g/mol. The molecule has 0 radical (unpaired) electrons. The normalized spacial score (nSPS) is 15.0. The van der Waals surface area contributed by atoms with Crippen LogP contribution >= 0.6 is 0 Å². The van der Waals surface area contributed by atoms with Gasteiger partial charge in [-0.05, 0) is 36.8 Å². The summed E-state index contributed by atoms with van der Waals surface area (Å²) < 4.78 is 68.1. The minimum absolute atomic E-state index is 0.0105. The Labute approximate surface area is 208 Å². The van der Waals surface area contributed by atoms with Crippen LogP contribution in [0, 0.1) is 17.7 Å². The molecule has 0 unspecified atom stereocenters. The zero-order valence-electron chi connectivity index (χ0n) is 19.0. The van der Waals surface area contributed by atoms with Crippen molar-refractivity contribution in [3.63, 3.8) is 0 Å². The Bertz CT molecular complexity index is 1540. The Balaban J connectivity index is 1.47. The van der Waals surface area contributed by atoms with Gasteiger partial charge in [0.25, 0.3) is 0 Å². The Morgan fingerprint density at radius 2 is 1.94 bits per heavy atom. The SMILES string of the molecule is O=S1(=O)NCCCNc2nc(ncc2C#CCCNS(=O)(=O)c2ccccc2F)Nc2cccc1c2. The first-order chi connectivity index (χ1) is 17.2. The first-order valence-electron chi connectivity index (χ1n) is 11.0. The van der Waals surface area contributed by atoms with E-state index in [9.17, 15) is 21.2 Å². The van der Waals surface area contributed by atoms with Crippen LogP contribution in [0.2, 0.25) is 0 Å². The van der Waals surface area contributed by atoms with Crippen LogP contribution < -0.4 is 20.1 Å². The standard InChI is InChI=1S/C23H23FN6O4S2/c24-20-10-1-2-11-21(20)36(33,34)28-13-4-3-7-17-16-26-23-29-18-8-5-9-19(15-18)35(31,32)27-14-6-12-25-22(17)30-23/h1-2,5,8-11,15-16,27-28H,4,6,12-14H2,(H2,25,26,29,30). The minimum atomic E-state index is -3.99. The second kappa shape index (κ2) is 11.0. The lowest BCUT2D eigenvalue weighted by molar-refractivity contribution is 0.557. The maximum atomic E-state index is 13.8. The fourth-order valence-electron chi connectivity index (χ4n) is 3.27. The molecule has 0 fully saturated rings. The molecule has 1 aliphatic rings. The molecule has 1 aromatic heterocycles. The lowest BCUT2D eigenvalue weighted by Crippen LogP contribution is -2.26. The van der Waals surface area contributed by atoms with Gasteiger partial charge in [0, 0.05) is 31.7 Å². The average Bonchev–Trinajstić information content (AvgIpc) is 2.85. The fraction of sp³-hybridized carbons (Fsp3) is 0.217. The maximum absolute atomic E-state index is 13.8. The Kier molecular flexibility index (Phi) is 7.80. The number of benzene rings is 2. The van der Waals surface area contributed by atoms with Crippen LogP contribution in [0.1, 0.15) is 18.4 Å². The summed E-state index contributed by atoms with van der Waals surface area (Å²) in [6.45, 7) is 0.644. The second-order valence-corrected chi connectivity index (χ2v) is 11.2. The maximum Gasteiger partial charge on any atom is 0.243 e. The predicted octanol–water partition coefficient (Wildman–Crippen LogP) is 2.17. The van der Waals surface area contributed by atoms with Gasteiger partial charge < -0.3 is 10.6 Å². The predicted molar refractivity (Wildman–Crippen MR) is 133 cm³/mol. The van der Waals surface area contributed by atoms with Crippen LogP contribution in [-0.2, 0) is 20.0 Å². The number of sulfonamides is 2. The van der Waals surface area contributed by atoms with Gasteiger partial charge in [-0.25, -0.2) is 35.7 Å². The number of nitrogens with one attached hydrogen (secondary N) is 4. The molecule has 0 spiro atoms. The number of aromatic nitrogens is 2. The Morgan fingerprint density at radius 3 is 2.78 bits per heavy atom. The topological polar surface area (TPSA) is 142 Å². The summed E-state index contributed by atoms with van der Waals surface area (Å²) in [7, 11) is -7.63. The second-order valence-electron chi connectivity index (χ2n) is 7.67. The van der Waals surface area contributed by atoms with Crippen LogP contribution in [0.25, 0.3) is 0 Å². The van der Waals surface area contributed by atoms with Crippen molar-refractivity contribution < 1.29 is 21.2 Å². The van der Waals surface area contributed by atoms with E-state index in [0.717, 1.165) is 6.07 Å². The van der Waals surface area contributed by atoms with E-state index in [-0.39, 0.29) is 30.4 Å². The monoisotopic (exact) mass is 530 g/mol. The molecule has 4 bridgehead atoms. The summed E-state index contributed by atoms with van der Waals surface area (Å²) in [5, 5.41) is 6.13. The van der Waals surface area contributed by atoms with Crippen LogP contribution in [0.4, 0.5) is 21.8 Å². The third-order valence-corrected chi connectivity index (χ3v) is 7.97. The molecule has 2 aromatic carbocycles. The van der Waals surface area contributed by atoms with Crippen LogP contribution in [0.5, 0.6) is 0 Å². The van der Waals surface area contributed by atoms with E-state index in [1.165, 1.54) is 36.5 Å². The molecule has 0 amide bonds. The molecular formula is C23H23FN6O4S2. The Hall–Kier alpha value is -3.57. The zero-order chi connectivity index (χ0) is 25.6. The molecule has 0 atom stereocenters. The molecule has 4 rings (SSSR count). The van der Waals surface area contributed by atoms with Gasteiger partial charge in [0.15, 0.2) is 0 Å². The smallest absolute Gasteiger partial charge is 0.243 e. The Morgan fingerprint density at radius 1 is 1.11 bits per heavy atom. The molecule has 36 heavy (non-hydrogen) atoms. The highest BCUT2D eigenvalue weighted by atomic mass is 32.2. The number of anilines is 3. The van der Waals surface area contributed by atoms with E-state index in [4.69, 9.17) is 0 Å². The number of hydrogen-bond acceptors (Lipinski definition) is 8. The summed E-state index contributed by atoms with van der Waals surface area (Å²) in [4.78, 5) is 8.42. The summed E-state index contributed by atoms with van der Waals surface area (Å²) >= 11 is 0. The number of rotatable bonds is 4. The van der Waals surface area contributed by atoms with E-state index in [0.29, 0.717) is 30.0 Å². The van der Waals surface area contributed by atoms with Crippen molar-refractivity contribution >= 4 is 37.5 Å². The van der Waals surface area contributed by atoms with E-state index in [1.54, 1.807) is 12.1 Å². The van der Waals surface area contributed by atoms with Gasteiger partial charge in [0.05, 0.1) is 16.7 Å². The van der Waals surface area contributed by atoms with Crippen molar-refractivity contribution in [2.75, 3.05) is 30.3 Å². The van der Waals surface area contributed by atoms with Crippen molar-refractivity contribution in [1.82, 2.24) is 19.4 Å². The molecule has 4 N–H and O–H groups in total. The van der Waals surface area contributed by atoms with Crippen LogP contribution in [0.3, 0.4) is 0 Å². The lowest BCUT2D eigenvalue weighted by Gasteiger charge is -2.10. The highest BCUT2D eigenvalue weighted by Crippen LogP contribution is 2.21. The van der Waals surface area contributed by atoms with E-state index >= 15 is 0 Å². The molecule has 3 aromatic rings. The van der Waals surface area contributed by atoms with Crippen molar-refractivity contribution in [2.45, 2.75) is 22.6 Å². The van der Waals surface area contributed by atoms with Crippen LogP contribution in [-0.4, -0.2) is 46.4 Å². The number of halogens is 1. The van der Waals surface area contributed by atoms with Gasteiger partial charge in [0.2, 0.25) is 26.0 Å². The van der Waals surface area contributed by atoms with Gasteiger partial charge in [-0.3, -0.25) is 0 Å². The summed E-state index contributed by atoms with van der Waals surface area (Å²) in [6.07, 6.45) is 2.19. The van der Waals surface area contributed by atoms with E-state index in [2.05, 4.69) is 41.9 Å². The van der Waals surface area contributed by atoms with Gasteiger partial charge in [-0.2, -0.15) is 4.98 Å². The summed E-state index contributed by atoms with van der Waals surface area (Å²) in [5.74, 6) is 5.66. The van der Waals surface area contributed by atoms with Gasteiger partial charge in [0.1, 0.15) is 16.5 Å². The number of hydrogen-bond donors (Lipinski definition) is 4. The molecule has 0 saturated heterocycles. The average molecular weight is 531 g/mol. The highest BCUT2D eigenvalue weighted by molar-refractivity contribution is 7.89. The summed E-state index contributed by atoms with van der Waals surface area (Å²) in [5.41, 5.74) is 0.991. The largest absolute Gasteiger partial charge is 0.369 e. The third kappa shape index (κ3) is 6.35. The van der Waals surface area contributed by atoms with Gasteiger partial charge in [-0.15, -0.1) is 0 Å². The number of nitrogens with zero attached hydrogens (tertiary/aromatic N) is 2. The van der Waals surface area contributed by atoms with Gasteiger partial charge in [-0.1, -0.05) is 30.0 Å². The molecule has 2 heterocycles. The molecule has 10 nitrogen and oxygen atoms in total. The van der Waals surface area contributed by atoms with Crippen molar-refractivity contribution in [3.8, 4) is 11.8 Å². The highest BCUT2D eigenvalue weighted by Gasteiger charge is 2.17. The lowest BCUT2D eigenvalue weighted by atomic mass is 10.2. The first-order valence-corrected chi connectivity index (χ1v) is 13.9. The number of fused-ring (bicyclic) bond motifs is 4. The summed E-state index contributed by atoms with van der Waals surface area (Å²) in [6, 6.07) is 11.5. The molecule has 0 saturated carbocycles. The molecule has 0 aliphatic carbocycles. The van der Waals surface area contributed by atoms with Crippen molar-refractivity contribution in [3.05, 3.63) is 66.1 Å². The first kappa shape index (κ1) is 25.5. The molecule has 188 valence electrons. The molecule has 1 aliphatic heterocycles. The van der Waals surface area contributed by atoms with Crippen molar-refractivity contribution in [2.24, 2.45) is 0 Å². The zero-order valence-corrected chi connectivity index (χ0v) is 20.6. The molecule has 13 heteroatoms. The van der Waals surface area contributed by atoms with E-state index < -0.39 is 30.8 Å². The van der Waals surface area contributed by atoms with Crippen molar-refractivity contribution in [1.29, 1.82) is 0 Å². The van der Waals surface area contributed by atoms with Crippen LogP contribution in [0.15, 0.2) is 64.5 Å². The minimum Gasteiger partial charge on any atom is -0.369 e. The van der Waals surface area contributed by atoms with E-state index in [1.807, 2.05) is 0 Å². The van der Waals surface area contributed by atoms with Gasteiger partial charge >= 0.3 is 0 Å².